The summed E-state index contributed by atoms with van der Waals surface area (Å²) >= 11 is 6.06. The van der Waals surface area contributed by atoms with Gasteiger partial charge in [0.25, 0.3) is 11.5 Å². The lowest BCUT2D eigenvalue weighted by atomic mass is 10.1. The third-order valence-electron chi connectivity index (χ3n) is 4.51. The molecule has 0 atom stereocenters. The fourth-order valence-electron chi connectivity index (χ4n) is 3.09. The predicted molar refractivity (Wildman–Crippen MR) is 113 cm³/mol. The van der Waals surface area contributed by atoms with Crippen LogP contribution >= 0.6 is 11.6 Å². The molecule has 0 fully saturated rings. The lowest BCUT2D eigenvalue weighted by molar-refractivity contribution is 0.102. The van der Waals surface area contributed by atoms with Gasteiger partial charge in [0.1, 0.15) is 5.75 Å². The van der Waals surface area contributed by atoms with E-state index in [1.54, 1.807) is 67.8 Å². The lowest BCUT2D eigenvalue weighted by Gasteiger charge is -2.13. The maximum Gasteiger partial charge on any atom is 0.262 e. The van der Waals surface area contributed by atoms with Gasteiger partial charge >= 0.3 is 0 Å². The van der Waals surface area contributed by atoms with Crippen molar-refractivity contribution < 1.29 is 9.53 Å². The molecule has 0 spiro atoms. The first kappa shape index (κ1) is 18.7. The van der Waals surface area contributed by atoms with Gasteiger partial charge in [-0.25, -0.2) is 4.98 Å². The number of methoxy groups -OCH3 is 1. The number of nitrogens with one attached hydrogen (secondary N) is 1. The number of carbonyl (C=O) groups excluding carboxylic acids is 1. The molecule has 4 rings (SSSR count). The molecule has 0 radical (unpaired) electrons. The van der Waals surface area contributed by atoms with Gasteiger partial charge in [-0.05, 0) is 30.3 Å². The minimum atomic E-state index is -0.396. The van der Waals surface area contributed by atoms with E-state index in [1.165, 1.54) is 17.0 Å². The van der Waals surface area contributed by atoms with Crippen LogP contribution in [0.5, 0.6) is 5.75 Å². The third kappa shape index (κ3) is 3.58. The molecule has 0 saturated carbocycles. The van der Waals surface area contributed by atoms with E-state index in [9.17, 15) is 9.59 Å². The van der Waals surface area contributed by atoms with Crippen LogP contribution in [-0.2, 0) is 0 Å². The fraction of sp³-hybridized carbons (Fsp3) is 0.0455. The molecule has 2 heterocycles. The highest BCUT2D eigenvalue weighted by Gasteiger charge is 2.17. The van der Waals surface area contributed by atoms with Gasteiger partial charge in [-0.15, -0.1) is 0 Å². The normalized spacial score (nSPS) is 10.7. The second kappa shape index (κ2) is 7.77. The minimum Gasteiger partial charge on any atom is -0.497 e. The van der Waals surface area contributed by atoms with Gasteiger partial charge in [0.2, 0.25) is 0 Å². The van der Waals surface area contributed by atoms with Gasteiger partial charge in [-0.1, -0.05) is 35.9 Å². The number of benzene rings is 2. The summed E-state index contributed by atoms with van der Waals surface area (Å²) in [4.78, 5) is 30.1. The molecule has 1 N–H and O–H groups in total. The average molecular weight is 406 g/mol. The summed E-state index contributed by atoms with van der Waals surface area (Å²) in [7, 11) is 1.55. The van der Waals surface area contributed by atoms with Crippen LogP contribution in [-0.4, -0.2) is 22.6 Å². The highest BCUT2D eigenvalue weighted by molar-refractivity contribution is 6.32. The van der Waals surface area contributed by atoms with Gasteiger partial charge in [0.15, 0.2) is 5.15 Å². The molecule has 7 heteroatoms. The summed E-state index contributed by atoms with van der Waals surface area (Å²) in [5, 5.41) is 3.93. The Bertz CT molecular complexity index is 1280. The van der Waals surface area contributed by atoms with Gasteiger partial charge in [-0.3, -0.25) is 14.2 Å². The molecule has 0 bridgehead atoms. The van der Waals surface area contributed by atoms with Gasteiger partial charge < -0.3 is 10.1 Å². The average Bonchev–Trinajstić information content (AvgIpc) is 2.76. The van der Waals surface area contributed by atoms with Crippen LogP contribution in [0.2, 0.25) is 5.15 Å². The Hall–Kier alpha value is -3.64. The number of nitrogens with zero attached hydrogens (tertiary/aromatic N) is 2. The number of halogens is 1. The Morgan fingerprint density at radius 3 is 2.62 bits per heavy atom. The number of ether oxygens (including phenoxy) is 1. The molecule has 144 valence electrons. The second-order valence-electron chi connectivity index (χ2n) is 6.26. The molecule has 2 aromatic carbocycles. The number of rotatable bonds is 4. The molecule has 0 unspecified atom stereocenters. The van der Waals surface area contributed by atoms with Crippen LogP contribution in [0, 0.1) is 0 Å². The second-order valence-corrected chi connectivity index (χ2v) is 6.62. The first-order valence-corrected chi connectivity index (χ1v) is 9.17. The number of aromatic nitrogens is 2. The maximum absolute atomic E-state index is 13.1. The highest BCUT2D eigenvalue weighted by Crippen LogP contribution is 2.23. The molecule has 0 aliphatic rings. The van der Waals surface area contributed by atoms with E-state index in [1.807, 2.05) is 0 Å². The molecule has 0 saturated heterocycles. The molecular weight excluding hydrogens is 390 g/mol. The van der Waals surface area contributed by atoms with E-state index in [2.05, 4.69) is 10.3 Å². The summed E-state index contributed by atoms with van der Waals surface area (Å²) in [6, 6.07) is 17.4. The van der Waals surface area contributed by atoms with Crippen molar-refractivity contribution in [2.24, 2.45) is 0 Å². The number of carbonyl (C=O) groups is 1. The number of anilines is 1. The largest absolute Gasteiger partial charge is 0.497 e. The molecule has 0 aliphatic carbocycles. The van der Waals surface area contributed by atoms with Crippen molar-refractivity contribution in [2.45, 2.75) is 0 Å². The quantitative estimate of drug-likeness (QED) is 0.514. The number of hydrogen-bond acceptors (Lipinski definition) is 4. The zero-order valence-electron chi connectivity index (χ0n) is 15.4. The SMILES string of the molecule is COc1cccc(-n2cc(C(=O)Nc3cccnc3Cl)c3ccccc3c2=O)c1. The summed E-state index contributed by atoms with van der Waals surface area (Å²) in [5.74, 6) is 0.212. The van der Waals surface area contributed by atoms with Crippen LogP contribution in [0.15, 0.2) is 77.9 Å². The third-order valence-corrected chi connectivity index (χ3v) is 4.81. The van der Waals surface area contributed by atoms with Crippen LogP contribution in [0.25, 0.3) is 16.5 Å². The topological polar surface area (TPSA) is 73.2 Å². The first-order chi connectivity index (χ1) is 14.1. The van der Waals surface area contributed by atoms with E-state index in [-0.39, 0.29) is 10.7 Å². The first-order valence-electron chi connectivity index (χ1n) is 8.79. The van der Waals surface area contributed by atoms with Gasteiger partial charge in [0.05, 0.1) is 24.0 Å². The van der Waals surface area contributed by atoms with Crippen molar-refractivity contribution in [3.8, 4) is 11.4 Å². The smallest absolute Gasteiger partial charge is 0.262 e. The predicted octanol–water partition coefficient (Wildman–Crippen LogP) is 4.30. The molecule has 0 aliphatic heterocycles. The standard InChI is InChI=1S/C22H16ClN3O3/c1-29-15-7-4-6-14(12-15)26-13-18(16-8-2-3-9-17(16)22(26)28)21(27)25-19-10-5-11-24-20(19)23/h2-13H,1H3,(H,25,27). The molecule has 29 heavy (non-hydrogen) atoms. The number of pyridine rings is 2. The van der Waals surface area contributed by atoms with Crippen LogP contribution in [0.4, 0.5) is 5.69 Å². The Balaban J connectivity index is 1.89. The van der Waals surface area contributed by atoms with Crippen molar-refractivity contribution in [1.82, 2.24) is 9.55 Å². The van der Waals surface area contributed by atoms with Crippen LogP contribution in [0.1, 0.15) is 10.4 Å². The molecule has 2 aromatic heterocycles. The van der Waals surface area contributed by atoms with E-state index >= 15 is 0 Å². The van der Waals surface area contributed by atoms with Crippen molar-refractivity contribution >= 4 is 34.0 Å². The Labute approximate surface area is 171 Å². The minimum absolute atomic E-state index is 0.186. The summed E-state index contributed by atoms with van der Waals surface area (Å²) in [6.07, 6.45) is 3.06. The summed E-state index contributed by atoms with van der Waals surface area (Å²) in [6.45, 7) is 0. The Morgan fingerprint density at radius 1 is 1.07 bits per heavy atom. The molecule has 4 aromatic rings. The number of hydrogen-bond donors (Lipinski definition) is 1. The van der Waals surface area contributed by atoms with Crippen molar-refractivity contribution in [3.63, 3.8) is 0 Å². The van der Waals surface area contributed by atoms with E-state index in [4.69, 9.17) is 16.3 Å². The zero-order chi connectivity index (χ0) is 20.4. The molecule has 6 nitrogen and oxygen atoms in total. The monoisotopic (exact) mass is 405 g/mol. The van der Waals surface area contributed by atoms with E-state index < -0.39 is 5.91 Å². The van der Waals surface area contributed by atoms with Crippen molar-refractivity contribution in [1.29, 1.82) is 0 Å². The Morgan fingerprint density at radius 2 is 1.86 bits per heavy atom. The zero-order valence-corrected chi connectivity index (χ0v) is 16.2. The lowest BCUT2D eigenvalue weighted by Crippen LogP contribution is -2.22. The summed E-state index contributed by atoms with van der Waals surface area (Å²) in [5.41, 5.74) is 1.09. The van der Waals surface area contributed by atoms with Crippen LogP contribution < -0.4 is 15.6 Å². The maximum atomic E-state index is 13.1. The van der Waals surface area contributed by atoms with Gasteiger partial charge in [0, 0.05) is 29.2 Å². The fourth-order valence-corrected chi connectivity index (χ4v) is 3.26. The number of amides is 1. The molecular formula is C22H16ClN3O3. The highest BCUT2D eigenvalue weighted by atomic mass is 35.5. The van der Waals surface area contributed by atoms with Gasteiger partial charge in [-0.2, -0.15) is 0 Å². The van der Waals surface area contributed by atoms with Crippen molar-refractivity contribution in [3.05, 3.63) is 94.1 Å². The molecule has 1 amide bonds. The summed E-state index contributed by atoms with van der Waals surface area (Å²) < 4.78 is 6.69. The Kier molecular flexibility index (Phi) is 5.01. The van der Waals surface area contributed by atoms with E-state index in [0.717, 1.165) is 0 Å². The van der Waals surface area contributed by atoms with E-state index in [0.29, 0.717) is 33.5 Å². The van der Waals surface area contributed by atoms with Crippen molar-refractivity contribution in [2.75, 3.05) is 12.4 Å². The van der Waals surface area contributed by atoms with Crippen LogP contribution in [0.3, 0.4) is 0 Å². The number of fused-ring (bicyclic) bond motifs is 1.